The van der Waals surface area contributed by atoms with Crippen molar-refractivity contribution in [3.05, 3.63) is 5.28 Å². The fraction of sp³-hybridized carbons (Fsp3) is 0.727. The SMILES string of the molecule is COc1nc(Cl)nc(NCCCN2CCNCC2)n1. The summed E-state index contributed by atoms with van der Waals surface area (Å²) in [5.41, 5.74) is 0. The average Bonchev–Trinajstić information content (AvgIpc) is 2.44. The Hall–Kier alpha value is -1.18. The van der Waals surface area contributed by atoms with Gasteiger partial charge in [0.05, 0.1) is 7.11 Å². The predicted octanol–water partition coefficient (Wildman–Crippen LogP) is 0.241. The molecule has 0 bridgehead atoms. The van der Waals surface area contributed by atoms with Crippen molar-refractivity contribution in [3.63, 3.8) is 0 Å². The molecule has 2 rings (SSSR count). The highest BCUT2D eigenvalue weighted by Gasteiger charge is 2.09. The van der Waals surface area contributed by atoms with Crippen LogP contribution in [0.5, 0.6) is 6.01 Å². The lowest BCUT2D eigenvalue weighted by Gasteiger charge is -2.27. The van der Waals surface area contributed by atoms with Gasteiger partial charge in [0, 0.05) is 32.7 Å². The maximum Gasteiger partial charge on any atom is 0.322 e. The van der Waals surface area contributed by atoms with E-state index in [1.807, 2.05) is 0 Å². The second kappa shape index (κ2) is 7.42. The zero-order valence-corrected chi connectivity index (χ0v) is 11.8. The van der Waals surface area contributed by atoms with Crippen LogP contribution in [0.1, 0.15) is 6.42 Å². The molecule has 106 valence electrons. The molecule has 0 amide bonds. The van der Waals surface area contributed by atoms with Crippen molar-refractivity contribution in [3.8, 4) is 6.01 Å². The molecule has 0 saturated carbocycles. The molecule has 1 aromatic heterocycles. The Morgan fingerprint density at radius 1 is 1.32 bits per heavy atom. The highest BCUT2D eigenvalue weighted by molar-refractivity contribution is 6.28. The first-order chi connectivity index (χ1) is 9.28. The highest BCUT2D eigenvalue weighted by atomic mass is 35.5. The first-order valence-electron chi connectivity index (χ1n) is 6.40. The molecule has 0 spiro atoms. The molecule has 0 radical (unpaired) electrons. The van der Waals surface area contributed by atoms with Gasteiger partial charge in [-0.15, -0.1) is 0 Å². The van der Waals surface area contributed by atoms with Gasteiger partial charge in [0.1, 0.15) is 0 Å². The van der Waals surface area contributed by atoms with Crippen molar-refractivity contribution in [2.75, 3.05) is 51.7 Å². The van der Waals surface area contributed by atoms with Crippen molar-refractivity contribution in [2.45, 2.75) is 6.42 Å². The third kappa shape index (κ3) is 4.77. The van der Waals surface area contributed by atoms with Gasteiger partial charge in [0.2, 0.25) is 11.2 Å². The molecule has 0 aromatic carbocycles. The van der Waals surface area contributed by atoms with E-state index in [4.69, 9.17) is 16.3 Å². The molecule has 0 aliphatic carbocycles. The van der Waals surface area contributed by atoms with E-state index in [1.54, 1.807) is 0 Å². The summed E-state index contributed by atoms with van der Waals surface area (Å²) in [4.78, 5) is 14.3. The fourth-order valence-corrected chi connectivity index (χ4v) is 2.09. The minimum Gasteiger partial charge on any atom is -0.467 e. The molecule has 8 heteroatoms. The van der Waals surface area contributed by atoms with E-state index in [0.29, 0.717) is 5.95 Å². The highest BCUT2D eigenvalue weighted by Crippen LogP contribution is 2.10. The van der Waals surface area contributed by atoms with Crippen LogP contribution in [0.2, 0.25) is 5.28 Å². The Balaban J connectivity index is 1.71. The normalized spacial score (nSPS) is 16.3. The van der Waals surface area contributed by atoms with Crippen LogP contribution in [0.15, 0.2) is 0 Å². The molecule has 0 unspecified atom stereocenters. The van der Waals surface area contributed by atoms with E-state index in [1.165, 1.54) is 7.11 Å². The van der Waals surface area contributed by atoms with E-state index in [-0.39, 0.29) is 11.3 Å². The van der Waals surface area contributed by atoms with E-state index in [0.717, 1.165) is 45.7 Å². The minimum absolute atomic E-state index is 0.136. The molecular weight excluding hydrogens is 268 g/mol. The number of piperazine rings is 1. The molecule has 0 atom stereocenters. The number of ether oxygens (including phenoxy) is 1. The van der Waals surface area contributed by atoms with Crippen LogP contribution in [-0.4, -0.2) is 66.2 Å². The van der Waals surface area contributed by atoms with E-state index in [9.17, 15) is 0 Å². The smallest absolute Gasteiger partial charge is 0.322 e. The van der Waals surface area contributed by atoms with Gasteiger partial charge < -0.3 is 20.3 Å². The topological polar surface area (TPSA) is 75.2 Å². The van der Waals surface area contributed by atoms with Crippen LogP contribution in [0, 0.1) is 0 Å². The predicted molar refractivity (Wildman–Crippen MR) is 73.8 cm³/mol. The number of nitrogens with zero attached hydrogens (tertiary/aromatic N) is 4. The number of rotatable bonds is 6. The van der Waals surface area contributed by atoms with Crippen LogP contribution < -0.4 is 15.4 Å². The molecule has 2 heterocycles. The molecule has 1 aromatic rings. The number of methoxy groups -OCH3 is 1. The minimum atomic E-state index is 0.136. The Kier molecular flexibility index (Phi) is 5.56. The molecule has 1 fully saturated rings. The lowest BCUT2D eigenvalue weighted by molar-refractivity contribution is 0.240. The first-order valence-corrected chi connectivity index (χ1v) is 6.78. The number of nitrogens with one attached hydrogen (secondary N) is 2. The molecule has 1 saturated heterocycles. The Morgan fingerprint density at radius 3 is 2.84 bits per heavy atom. The molecular formula is C11H19ClN6O. The summed E-state index contributed by atoms with van der Waals surface area (Å²) >= 11 is 5.77. The van der Waals surface area contributed by atoms with Gasteiger partial charge in [0.25, 0.3) is 0 Å². The fourth-order valence-electron chi connectivity index (χ4n) is 1.94. The molecule has 19 heavy (non-hydrogen) atoms. The maximum atomic E-state index is 5.77. The quantitative estimate of drug-likeness (QED) is 0.726. The largest absolute Gasteiger partial charge is 0.467 e. The lowest BCUT2D eigenvalue weighted by Crippen LogP contribution is -2.44. The monoisotopic (exact) mass is 286 g/mol. The molecule has 2 N–H and O–H groups in total. The number of anilines is 1. The zero-order valence-electron chi connectivity index (χ0n) is 11.0. The summed E-state index contributed by atoms with van der Waals surface area (Å²) in [7, 11) is 1.50. The summed E-state index contributed by atoms with van der Waals surface area (Å²) in [5, 5.41) is 6.60. The molecule has 1 aliphatic rings. The molecule has 7 nitrogen and oxygen atoms in total. The second-order valence-electron chi connectivity index (χ2n) is 4.29. The number of hydrogen-bond acceptors (Lipinski definition) is 7. The van der Waals surface area contributed by atoms with Crippen molar-refractivity contribution in [2.24, 2.45) is 0 Å². The van der Waals surface area contributed by atoms with E-state index < -0.39 is 0 Å². The number of halogens is 1. The van der Waals surface area contributed by atoms with Gasteiger partial charge in [-0.3, -0.25) is 0 Å². The van der Waals surface area contributed by atoms with Gasteiger partial charge in [0.15, 0.2) is 0 Å². The van der Waals surface area contributed by atoms with Gasteiger partial charge in [-0.1, -0.05) is 0 Å². The van der Waals surface area contributed by atoms with Crippen LogP contribution in [0.25, 0.3) is 0 Å². The maximum absolute atomic E-state index is 5.77. The average molecular weight is 287 g/mol. The summed E-state index contributed by atoms with van der Waals surface area (Å²) in [6, 6.07) is 0.226. The summed E-state index contributed by atoms with van der Waals surface area (Å²) < 4.78 is 4.94. The number of hydrogen-bond donors (Lipinski definition) is 2. The van der Waals surface area contributed by atoms with Gasteiger partial charge >= 0.3 is 6.01 Å². The van der Waals surface area contributed by atoms with Crippen molar-refractivity contribution in [1.82, 2.24) is 25.2 Å². The Morgan fingerprint density at radius 2 is 2.11 bits per heavy atom. The summed E-state index contributed by atoms with van der Waals surface area (Å²) in [6.45, 7) is 6.26. The van der Waals surface area contributed by atoms with Crippen LogP contribution in [0.4, 0.5) is 5.95 Å². The van der Waals surface area contributed by atoms with Crippen molar-refractivity contribution >= 4 is 17.5 Å². The standard InChI is InChI=1S/C11H19ClN6O/c1-19-11-16-9(12)15-10(17-11)14-3-2-6-18-7-4-13-5-8-18/h13H,2-8H2,1H3,(H,14,15,16,17). The Labute approximate surface area is 117 Å². The third-order valence-electron chi connectivity index (χ3n) is 2.91. The van der Waals surface area contributed by atoms with Crippen molar-refractivity contribution < 1.29 is 4.74 Å². The molecule has 1 aliphatic heterocycles. The van der Waals surface area contributed by atoms with E-state index in [2.05, 4.69) is 30.5 Å². The van der Waals surface area contributed by atoms with Crippen LogP contribution in [0.3, 0.4) is 0 Å². The number of aromatic nitrogens is 3. The van der Waals surface area contributed by atoms with Crippen molar-refractivity contribution in [1.29, 1.82) is 0 Å². The second-order valence-corrected chi connectivity index (χ2v) is 4.62. The van der Waals surface area contributed by atoms with Crippen LogP contribution >= 0.6 is 11.6 Å². The zero-order chi connectivity index (χ0) is 13.5. The summed E-state index contributed by atoms with van der Waals surface area (Å²) in [6.07, 6.45) is 1.03. The first kappa shape index (κ1) is 14.2. The van der Waals surface area contributed by atoms with Crippen LogP contribution in [-0.2, 0) is 0 Å². The van der Waals surface area contributed by atoms with Gasteiger partial charge in [-0.05, 0) is 24.6 Å². The summed E-state index contributed by atoms with van der Waals surface area (Å²) in [5.74, 6) is 0.456. The lowest BCUT2D eigenvalue weighted by atomic mass is 10.3. The van der Waals surface area contributed by atoms with Gasteiger partial charge in [-0.2, -0.15) is 15.0 Å². The Bertz CT molecular complexity index is 399. The third-order valence-corrected chi connectivity index (χ3v) is 3.08. The van der Waals surface area contributed by atoms with E-state index >= 15 is 0 Å². The van der Waals surface area contributed by atoms with Gasteiger partial charge in [-0.25, -0.2) is 0 Å².